The van der Waals surface area contributed by atoms with Crippen molar-refractivity contribution in [1.82, 2.24) is 9.80 Å². The topological polar surface area (TPSA) is 42.0 Å². The van der Waals surface area contributed by atoms with E-state index in [0.717, 1.165) is 46.8 Å². The summed E-state index contributed by atoms with van der Waals surface area (Å²) < 4.78 is 10.9. The summed E-state index contributed by atoms with van der Waals surface area (Å²) in [4.78, 5) is 17.8. The second-order valence-electron chi connectivity index (χ2n) is 8.08. The monoisotopic (exact) mass is 362 g/mol. The van der Waals surface area contributed by atoms with Crippen molar-refractivity contribution in [2.45, 2.75) is 25.4 Å². The SMILES string of the molecule is O=C1c2cc(-c3ccc4c(c3)OCO4)ccc2CN1C1CN2CCC1CC2. The lowest BCUT2D eigenvalue weighted by molar-refractivity contribution is 0.00846. The number of carbonyl (C=O) groups is 1. The third kappa shape index (κ3) is 2.38. The summed E-state index contributed by atoms with van der Waals surface area (Å²) in [6.07, 6.45) is 2.46. The van der Waals surface area contributed by atoms with E-state index in [1.165, 1.54) is 25.9 Å². The van der Waals surface area contributed by atoms with Crippen molar-refractivity contribution in [3.8, 4) is 22.6 Å². The second kappa shape index (κ2) is 5.73. The van der Waals surface area contributed by atoms with E-state index < -0.39 is 0 Å². The van der Waals surface area contributed by atoms with Crippen LogP contribution in [-0.4, -0.2) is 48.2 Å². The highest BCUT2D eigenvalue weighted by molar-refractivity contribution is 5.99. The molecule has 5 nitrogen and oxygen atoms in total. The molecule has 0 aromatic heterocycles. The Kier molecular flexibility index (Phi) is 3.29. The molecule has 5 aliphatic rings. The average Bonchev–Trinajstić information content (AvgIpc) is 3.32. The highest BCUT2D eigenvalue weighted by Crippen LogP contribution is 2.39. The lowest BCUT2D eigenvalue weighted by Gasteiger charge is -2.48. The molecule has 2 aromatic rings. The van der Waals surface area contributed by atoms with Gasteiger partial charge in [-0.15, -0.1) is 0 Å². The largest absolute Gasteiger partial charge is 0.454 e. The van der Waals surface area contributed by atoms with Gasteiger partial charge in [0.05, 0.1) is 0 Å². The van der Waals surface area contributed by atoms with Crippen molar-refractivity contribution in [1.29, 1.82) is 0 Å². The number of ether oxygens (including phenoxy) is 2. The van der Waals surface area contributed by atoms with Gasteiger partial charge in [0.1, 0.15) is 0 Å². The van der Waals surface area contributed by atoms with Gasteiger partial charge in [-0.2, -0.15) is 0 Å². The number of hydrogen-bond acceptors (Lipinski definition) is 4. The highest BCUT2D eigenvalue weighted by atomic mass is 16.7. The first-order valence-corrected chi connectivity index (χ1v) is 9.82. The molecule has 1 atom stereocenters. The average molecular weight is 362 g/mol. The summed E-state index contributed by atoms with van der Waals surface area (Å²) in [6.45, 7) is 4.47. The normalized spacial score (nSPS) is 27.9. The van der Waals surface area contributed by atoms with Crippen LogP contribution in [0.4, 0.5) is 0 Å². The molecule has 0 spiro atoms. The highest BCUT2D eigenvalue weighted by Gasteiger charge is 2.42. The Labute approximate surface area is 158 Å². The first-order chi connectivity index (χ1) is 13.3. The number of rotatable bonds is 2. The van der Waals surface area contributed by atoms with Gasteiger partial charge in [0.25, 0.3) is 5.91 Å². The number of benzene rings is 2. The zero-order chi connectivity index (χ0) is 18.0. The zero-order valence-electron chi connectivity index (χ0n) is 15.2. The summed E-state index contributed by atoms with van der Waals surface area (Å²) in [5.74, 6) is 2.42. The van der Waals surface area contributed by atoms with Crippen LogP contribution in [0.3, 0.4) is 0 Å². The molecule has 0 saturated carbocycles. The van der Waals surface area contributed by atoms with Crippen molar-refractivity contribution in [2.24, 2.45) is 5.92 Å². The third-order valence-corrected chi connectivity index (χ3v) is 6.67. The minimum absolute atomic E-state index is 0.200. The van der Waals surface area contributed by atoms with Gasteiger partial charge >= 0.3 is 0 Å². The molecule has 7 rings (SSSR count). The van der Waals surface area contributed by atoms with Gasteiger partial charge in [-0.25, -0.2) is 0 Å². The van der Waals surface area contributed by atoms with Crippen LogP contribution in [0.15, 0.2) is 36.4 Å². The van der Waals surface area contributed by atoms with Gasteiger partial charge in [0, 0.05) is 24.7 Å². The van der Waals surface area contributed by atoms with Crippen molar-refractivity contribution >= 4 is 5.91 Å². The van der Waals surface area contributed by atoms with Crippen LogP contribution in [-0.2, 0) is 6.54 Å². The molecule has 5 heterocycles. The standard InChI is InChI=1S/C22H22N2O3/c25-22-18-9-15(16-3-4-20-21(10-16)27-13-26-20)1-2-17(18)11-24(22)19-12-23-7-5-14(19)6-8-23/h1-4,9-10,14,19H,5-8,11-13H2. The predicted octanol–water partition coefficient (Wildman–Crippen LogP) is 3.13. The van der Waals surface area contributed by atoms with E-state index >= 15 is 0 Å². The van der Waals surface area contributed by atoms with E-state index in [-0.39, 0.29) is 12.7 Å². The molecular weight excluding hydrogens is 340 g/mol. The van der Waals surface area contributed by atoms with Crippen LogP contribution < -0.4 is 9.47 Å². The molecule has 0 radical (unpaired) electrons. The van der Waals surface area contributed by atoms with E-state index in [0.29, 0.717) is 12.0 Å². The maximum Gasteiger partial charge on any atom is 0.254 e. The summed E-state index contributed by atoms with van der Waals surface area (Å²) in [5.41, 5.74) is 4.12. The molecule has 27 heavy (non-hydrogen) atoms. The Bertz CT molecular complexity index is 933. The molecule has 5 heteroatoms. The quantitative estimate of drug-likeness (QED) is 0.823. The molecule has 1 unspecified atom stereocenters. The van der Waals surface area contributed by atoms with E-state index in [1.54, 1.807) is 0 Å². The summed E-state index contributed by atoms with van der Waals surface area (Å²) in [5, 5.41) is 0. The Balaban J connectivity index is 1.31. The van der Waals surface area contributed by atoms with Crippen molar-refractivity contribution in [2.75, 3.05) is 26.4 Å². The van der Waals surface area contributed by atoms with Gasteiger partial charge in [0.2, 0.25) is 6.79 Å². The van der Waals surface area contributed by atoms with Crippen LogP contribution in [0.25, 0.3) is 11.1 Å². The molecular formula is C22H22N2O3. The molecule has 2 bridgehead atoms. The van der Waals surface area contributed by atoms with Gasteiger partial charge in [-0.3, -0.25) is 4.79 Å². The number of hydrogen-bond donors (Lipinski definition) is 0. The Hall–Kier alpha value is -2.53. The lowest BCUT2D eigenvalue weighted by atomic mass is 9.83. The number of nitrogens with zero attached hydrogens (tertiary/aromatic N) is 2. The van der Waals surface area contributed by atoms with Gasteiger partial charge in [-0.1, -0.05) is 18.2 Å². The van der Waals surface area contributed by atoms with E-state index in [4.69, 9.17) is 9.47 Å². The molecule has 1 amide bonds. The number of amides is 1. The minimum Gasteiger partial charge on any atom is -0.454 e. The molecule has 0 N–H and O–H groups in total. The molecule has 3 fully saturated rings. The first kappa shape index (κ1) is 15.5. The zero-order valence-corrected chi connectivity index (χ0v) is 15.2. The Morgan fingerprint density at radius 3 is 2.52 bits per heavy atom. The molecule has 5 aliphatic heterocycles. The van der Waals surface area contributed by atoms with E-state index in [9.17, 15) is 4.79 Å². The molecule has 0 aliphatic carbocycles. The summed E-state index contributed by atoms with van der Waals surface area (Å²) in [7, 11) is 0. The smallest absolute Gasteiger partial charge is 0.254 e. The fourth-order valence-corrected chi connectivity index (χ4v) is 5.13. The molecule has 2 aromatic carbocycles. The van der Waals surface area contributed by atoms with Gasteiger partial charge in [-0.05, 0) is 66.7 Å². The van der Waals surface area contributed by atoms with Crippen LogP contribution in [0, 0.1) is 5.92 Å². The molecule has 3 saturated heterocycles. The Morgan fingerprint density at radius 2 is 1.70 bits per heavy atom. The maximum atomic E-state index is 13.2. The fraction of sp³-hybridized carbons (Fsp3) is 0.409. The number of piperidine rings is 3. The maximum absolute atomic E-state index is 13.2. The fourth-order valence-electron chi connectivity index (χ4n) is 5.13. The van der Waals surface area contributed by atoms with E-state index in [2.05, 4.69) is 28.0 Å². The predicted molar refractivity (Wildman–Crippen MR) is 101 cm³/mol. The number of carbonyl (C=O) groups excluding carboxylic acids is 1. The van der Waals surface area contributed by atoms with Gasteiger partial charge < -0.3 is 19.3 Å². The van der Waals surface area contributed by atoms with Gasteiger partial charge in [0.15, 0.2) is 11.5 Å². The van der Waals surface area contributed by atoms with Crippen molar-refractivity contribution in [3.63, 3.8) is 0 Å². The van der Waals surface area contributed by atoms with Crippen molar-refractivity contribution in [3.05, 3.63) is 47.5 Å². The van der Waals surface area contributed by atoms with Crippen LogP contribution in [0.2, 0.25) is 0 Å². The van der Waals surface area contributed by atoms with Crippen LogP contribution >= 0.6 is 0 Å². The third-order valence-electron chi connectivity index (χ3n) is 6.67. The second-order valence-corrected chi connectivity index (χ2v) is 8.08. The summed E-state index contributed by atoms with van der Waals surface area (Å²) in [6, 6.07) is 12.6. The van der Waals surface area contributed by atoms with Crippen molar-refractivity contribution < 1.29 is 14.3 Å². The summed E-state index contributed by atoms with van der Waals surface area (Å²) >= 11 is 0. The lowest BCUT2D eigenvalue weighted by Crippen LogP contribution is -2.57. The Morgan fingerprint density at radius 1 is 0.926 bits per heavy atom. The number of fused-ring (bicyclic) bond motifs is 5. The van der Waals surface area contributed by atoms with Crippen LogP contribution in [0.1, 0.15) is 28.8 Å². The van der Waals surface area contributed by atoms with E-state index in [1.807, 2.05) is 18.2 Å². The van der Waals surface area contributed by atoms with Crippen LogP contribution in [0.5, 0.6) is 11.5 Å². The minimum atomic E-state index is 0.200. The molecule has 138 valence electrons. The first-order valence-electron chi connectivity index (χ1n) is 9.82.